The first kappa shape index (κ1) is 20.7. The van der Waals surface area contributed by atoms with Crippen molar-refractivity contribution in [2.24, 2.45) is 0 Å². The lowest BCUT2D eigenvalue weighted by Gasteiger charge is -2.40. The average Bonchev–Trinajstić information content (AvgIpc) is 2.88. The predicted octanol–water partition coefficient (Wildman–Crippen LogP) is 2.33. The molecule has 0 saturated carbocycles. The summed E-state index contributed by atoms with van der Waals surface area (Å²) in [6.07, 6.45) is -5.11. The van der Waals surface area contributed by atoms with Crippen molar-refractivity contribution in [2.75, 3.05) is 39.1 Å². The summed E-state index contributed by atoms with van der Waals surface area (Å²) in [5.41, 5.74) is 0.546. The minimum Gasteiger partial charge on any atom is -0.461 e. The van der Waals surface area contributed by atoms with Gasteiger partial charge in [-0.1, -0.05) is 28.1 Å². The number of carbonyl (C=O) groups excluding carboxylic acids is 2. The van der Waals surface area contributed by atoms with E-state index in [4.69, 9.17) is 9.47 Å². The molecule has 6 nitrogen and oxygen atoms in total. The summed E-state index contributed by atoms with van der Waals surface area (Å²) in [4.78, 5) is 26.4. The number of rotatable bonds is 5. The third-order valence-electron chi connectivity index (χ3n) is 4.08. The summed E-state index contributed by atoms with van der Waals surface area (Å²) >= 11 is 3.14. The van der Waals surface area contributed by atoms with Gasteiger partial charge >= 0.3 is 18.1 Å². The lowest BCUT2D eigenvalue weighted by atomic mass is 10.1. The van der Waals surface area contributed by atoms with Crippen LogP contribution < -0.4 is 0 Å². The Labute approximate surface area is 157 Å². The largest absolute Gasteiger partial charge is 0.491 e. The molecule has 0 bridgehead atoms. The molecular weight excluding hydrogens is 421 g/mol. The molecule has 0 amide bonds. The second-order valence-corrected chi connectivity index (χ2v) is 6.53. The number of halogens is 4. The number of ether oxygens (including phenoxy) is 2. The third-order valence-corrected chi connectivity index (χ3v) is 4.40. The molecule has 1 aliphatic heterocycles. The molecule has 0 atom stereocenters. The van der Waals surface area contributed by atoms with Gasteiger partial charge in [0.15, 0.2) is 0 Å². The molecule has 2 rings (SSSR count). The third kappa shape index (κ3) is 4.02. The topological polar surface area (TPSA) is 59.1 Å². The van der Waals surface area contributed by atoms with E-state index < -0.39 is 24.0 Å². The van der Waals surface area contributed by atoms with Gasteiger partial charge in [0.25, 0.3) is 5.85 Å². The monoisotopic (exact) mass is 438 g/mol. The van der Waals surface area contributed by atoms with Gasteiger partial charge < -0.3 is 9.47 Å². The number of hydrogen-bond acceptors (Lipinski definition) is 6. The SMILES string of the molecule is CN1CCN(C)C1(OC(=O)C(F)(F)F)c1ccc(C(=O)OCCBr)cc1. The van der Waals surface area contributed by atoms with Gasteiger partial charge in [-0.05, 0) is 26.2 Å². The molecule has 1 fully saturated rings. The van der Waals surface area contributed by atoms with Crippen LogP contribution in [0.5, 0.6) is 0 Å². The van der Waals surface area contributed by atoms with E-state index in [2.05, 4.69) is 15.9 Å². The van der Waals surface area contributed by atoms with Crippen molar-refractivity contribution in [1.29, 1.82) is 0 Å². The minimum absolute atomic E-state index is 0.194. The van der Waals surface area contributed by atoms with E-state index in [1.54, 1.807) is 14.1 Å². The minimum atomic E-state index is -5.11. The highest BCUT2D eigenvalue weighted by Crippen LogP contribution is 2.38. The van der Waals surface area contributed by atoms with Crippen LogP contribution in [0.25, 0.3) is 0 Å². The van der Waals surface area contributed by atoms with Crippen LogP contribution in [0, 0.1) is 0 Å². The van der Waals surface area contributed by atoms with Gasteiger partial charge in [-0.25, -0.2) is 9.59 Å². The molecule has 0 radical (unpaired) electrons. The van der Waals surface area contributed by atoms with E-state index in [1.807, 2.05) is 0 Å². The van der Waals surface area contributed by atoms with Crippen molar-refractivity contribution in [1.82, 2.24) is 9.80 Å². The summed E-state index contributed by atoms with van der Waals surface area (Å²) in [7, 11) is 3.12. The summed E-state index contributed by atoms with van der Waals surface area (Å²) in [5.74, 6) is -4.53. The molecular formula is C16H18BrF3N2O4. The quantitative estimate of drug-likeness (QED) is 0.519. The first-order valence-corrected chi connectivity index (χ1v) is 8.81. The molecule has 0 N–H and O–H groups in total. The Bertz CT molecular complexity index is 656. The van der Waals surface area contributed by atoms with E-state index in [1.165, 1.54) is 34.1 Å². The van der Waals surface area contributed by atoms with Gasteiger partial charge in [-0.15, -0.1) is 0 Å². The van der Waals surface area contributed by atoms with Crippen LogP contribution in [0.3, 0.4) is 0 Å². The second-order valence-electron chi connectivity index (χ2n) is 5.74. The fraction of sp³-hybridized carbons (Fsp3) is 0.500. The molecule has 0 aromatic heterocycles. The summed E-state index contributed by atoms with van der Waals surface area (Å²) in [5, 5.41) is 0.489. The molecule has 10 heteroatoms. The van der Waals surface area contributed by atoms with E-state index in [9.17, 15) is 22.8 Å². The lowest BCUT2D eigenvalue weighted by molar-refractivity contribution is -0.250. The number of nitrogens with zero attached hydrogens (tertiary/aromatic N) is 2. The maximum absolute atomic E-state index is 12.8. The van der Waals surface area contributed by atoms with Crippen LogP contribution in [0.15, 0.2) is 24.3 Å². The van der Waals surface area contributed by atoms with Crippen LogP contribution in [0.4, 0.5) is 13.2 Å². The Morgan fingerprint density at radius 3 is 2.15 bits per heavy atom. The van der Waals surface area contributed by atoms with Crippen LogP contribution in [-0.4, -0.2) is 67.0 Å². The van der Waals surface area contributed by atoms with Crippen LogP contribution in [0.2, 0.25) is 0 Å². The zero-order valence-corrected chi connectivity index (χ0v) is 15.8. The zero-order chi connectivity index (χ0) is 19.5. The standard InChI is InChI=1S/C16H18BrF3N2O4/c1-21-8-9-22(2)16(21,26-14(24)15(18,19)20)12-5-3-11(4-6-12)13(23)25-10-7-17/h3-6H,7-10H2,1-2H3. The summed E-state index contributed by atoms with van der Waals surface area (Å²) in [6.45, 7) is 0.993. The highest BCUT2D eigenvalue weighted by atomic mass is 79.9. The van der Waals surface area contributed by atoms with Gasteiger partial charge in [-0.2, -0.15) is 13.2 Å². The average molecular weight is 439 g/mol. The molecule has 1 saturated heterocycles. The smallest absolute Gasteiger partial charge is 0.461 e. The highest BCUT2D eigenvalue weighted by Gasteiger charge is 2.53. The maximum Gasteiger partial charge on any atom is 0.491 e. The molecule has 0 spiro atoms. The lowest BCUT2D eigenvalue weighted by Crippen LogP contribution is -2.53. The summed E-state index contributed by atoms with van der Waals surface area (Å²) in [6, 6.07) is 5.75. The van der Waals surface area contributed by atoms with Gasteiger partial charge in [0.1, 0.15) is 6.61 Å². The van der Waals surface area contributed by atoms with E-state index >= 15 is 0 Å². The van der Waals surface area contributed by atoms with Gasteiger partial charge in [0, 0.05) is 24.0 Å². The van der Waals surface area contributed by atoms with Crippen molar-refractivity contribution in [3.8, 4) is 0 Å². The Balaban J connectivity index is 2.35. The Kier molecular flexibility index (Phi) is 6.30. The number of likely N-dealkylation sites (N-methyl/N-ethyl adjacent to an activating group) is 2. The Morgan fingerprint density at radius 2 is 1.69 bits per heavy atom. The number of carbonyl (C=O) groups is 2. The number of esters is 2. The molecule has 26 heavy (non-hydrogen) atoms. The first-order valence-electron chi connectivity index (χ1n) is 7.69. The molecule has 1 aliphatic rings. The van der Waals surface area contributed by atoms with Crippen LogP contribution in [-0.2, 0) is 20.1 Å². The van der Waals surface area contributed by atoms with Gasteiger partial charge in [0.05, 0.1) is 5.56 Å². The van der Waals surface area contributed by atoms with Gasteiger partial charge in [0.2, 0.25) is 0 Å². The van der Waals surface area contributed by atoms with Crippen molar-refractivity contribution in [2.45, 2.75) is 12.0 Å². The van der Waals surface area contributed by atoms with Gasteiger partial charge in [-0.3, -0.25) is 9.80 Å². The number of hydrogen-bond donors (Lipinski definition) is 0. The van der Waals surface area contributed by atoms with Crippen LogP contribution in [0.1, 0.15) is 15.9 Å². The normalized spacial score (nSPS) is 17.9. The number of alkyl halides is 4. The van der Waals surface area contributed by atoms with E-state index in [-0.39, 0.29) is 12.2 Å². The Hall–Kier alpha value is -1.65. The fourth-order valence-corrected chi connectivity index (χ4v) is 2.94. The predicted molar refractivity (Wildman–Crippen MR) is 89.6 cm³/mol. The van der Waals surface area contributed by atoms with E-state index in [0.717, 1.165) is 0 Å². The Morgan fingerprint density at radius 1 is 1.15 bits per heavy atom. The van der Waals surface area contributed by atoms with Crippen molar-refractivity contribution in [3.63, 3.8) is 0 Å². The van der Waals surface area contributed by atoms with E-state index in [0.29, 0.717) is 24.0 Å². The fourth-order valence-electron chi connectivity index (χ4n) is 2.78. The van der Waals surface area contributed by atoms with Crippen molar-refractivity contribution in [3.05, 3.63) is 35.4 Å². The maximum atomic E-state index is 12.8. The molecule has 0 aliphatic carbocycles. The molecule has 1 heterocycles. The van der Waals surface area contributed by atoms with Crippen LogP contribution >= 0.6 is 15.9 Å². The molecule has 1 aromatic rings. The molecule has 144 valence electrons. The molecule has 1 aromatic carbocycles. The summed E-state index contributed by atoms with van der Waals surface area (Å²) < 4.78 is 48.1. The second kappa shape index (κ2) is 7.93. The molecule has 0 unspecified atom stereocenters. The first-order chi connectivity index (χ1) is 12.1. The highest BCUT2D eigenvalue weighted by molar-refractivity contribution is 9.09. The zero-order valence-electron chi connectivity index (χ0n) is 14.2. The van der Waals surface area contributed by atoms with Crippen molar-refractivity contribution >= 4 is 27.9 Å². The van der Waals surface area contributed by atoms with Crippen molar-refractivity contribution < 1.29 is 32.2 Å². The number of benzene rings is 1.